The van der Waals surface area contributed by atoms with Gasteiger partial charge in [0.2, 0.25) is 0 Å². The molecule has 47 heavy (non-hydrogen) atoms. The SMILES string of the molecule is C=C/C(=C\C=C(/C)N(c1ccccc1)c1ccccc1)C(=Nc1ccccc1)c1ccc(N(C2=CCCC=C2)c2ccccc2)cc1. The number of nitrogens with zero attached hydrogens (tertiary/aromatic N) is 3. The first-order chi connectivity index (χ1) is 23.2. The predicted octanol–water partition coefficient (Wildman–Crippen LogP) is 12.0. The summed E-state index contributed by atoms with van der Waals surface area (Å²) in [6.07, 6.45) is 15.0. The fourth-order valence-corrected chi connectivity index (χ4v) is 5.72. The van der Waals surface area contributed by atoms with E-state index >= 15 is 0 Å². The lowest BCUT2D eigenvalue weighted by molar-refractivity contribution is 0.997. The van der Waals surface area contributed by atoms with Gasteiger partial charge in [0.25, 0.3) is 0 Å². The molecule has 3 heteroatoms. The predicted molar refractivity (Wildman–Crippen MR) is 201 cm³/mol. The minimum Gasteiger partial charge on any atom is -0.315 e. The number of anilines is 4. The molecule has 0 fully saturated rings. The Hall–Kier alpha value is -5.93. The molecule has 5 aromatic rings. The second kappa shape index (κ2) is 15.4. The fourth-order valence-electron chi connectivity index (χ4n) is 5.72. The lowest BCUT2D eigenvalue weighted by atomic mass is 10.00. The van der Waals surface area contributed by atoms with Gasteiger partial charge in [0.1, 0.15) is 0 Å². The van der Waals surface area contributed by atoms with Crippen molar-refractivity contribution in [2.75, 3.05) is 9.80 Å². The molecule has 1 aliphatic carbocycles. The van der Waals surface area contributed by atoms with Gasteiger partial charge >= 0.3 is 0 Å². The van der Waals surface area contributed by atoms with Crippen LogP contribution in [0.4, 0.5) is 28.4 Å². The molecule has 0 N–H and O–H groups in total. The molecule has 0 saturated carbocycles. The second-order valence-electron chi connectivity index (χ2n) is 11.3. The smallest absolute Gasteiger partial charge is 0.0781 e. The molecule has 3 nitrogen and oxygen atoms in total. The second-order valence-corrected chi connectivity index (χ2v) is 11.3. The van der Waals surface area contributed by atoms with E-state index in [1.54, 1.807) is 0 Å². The first-order valence-corrected chi connectivity index (χ1v) is 16.1. The molecule has 0 unspecified atom stereocenters. The Balaban J connectivity index is 1.40. The number of hydrogen-bond acceptors (Lipinski definition) is 3. The van der Waals surface area contributed by atoms with Gasteiger partial charge in [0, 0.05) is 45.3 Å². The van der Waals surface area contributed by atoms with Crippen LogP contribution in [0, 0.1) is 0 Å². The van der Waals surface area contributed by atoms with Gasteiger partial charge in [-0.2, -0.15) is 0 Å². The lowest BCUT2D eigenvalue weighted by Gasteiger charge is -2.27. The van der Waals surface area contributed by atoms with Crippen LogP contribution in [0.5, 0.6) is 0 Å². The number of para-hydroxylation sites is 4. The number of benzene rings is 5. The molecule has 230 valence electrons. The number of allylic oxidation sites excluding steroid dienone is 8. The van der Waals surface area contributed by atoms with E-state index in [4.69, 9.17) is 4.99 Å². The molecule has 6 rings (SSSR count). The van der Waals surface area contributed by atoms with Crippen LogP contribution in [0.2, 0.25) is 0 Å². The molecule has 0 saturated heterocycles. The summed E-state index contributed by atoms with van der Waals surface area (Å²) in [5.41, 5.74) is 10.4. The molecule has 0 atom stereocenters. The van der Waals surface area contributed by atoms with Crippen molar-refractivity contribution in [2.24, 2.45) is 4.99 Å². The Morgan fingerprint density at radius 3 is 1.68 bits per heavy atom. The highest BCUT2D eigenvalue weighted by molar-refractivity contribution is 6.15. The lowest BCUT2D eigenvalue weighted by Crippen LogP contribution is -2.16. The van der Waals surface area contributed by atoms with Crippen LogP contribution >= 0.6 is 0 Å². The molecule has 0 amide bonds. The maximum atomic E-state index is 5.16. The normalized spacial score (nSPS) is 13.6. The Morgan fingerprint density at radius 1 is 0.617 bits per heavy atom. The van der Waals surface area contributed by atoms with E-state index in [1.807, 2.05) is 48.5 Å². The number of hydrogen-bond donors (Lipinski definition) is 0. The van der Waals surface area contributed by atoms with Gasteiger partial charge in [-0.25, -0.2) is 4.99 Å². The minimum atomic E-state index is 0.857. The standard InChI is InChI=1S/C44H39N3/c1-3-36(30-29-35(2)46(39-21-11-5-12-22-39)40-23-13-6-14-24-40)44(45-38-19-9-4-10-20-38)37-31-33-43(34-32-37)47(41-25-15-7-16-26-41)42-27-17-8-18-28-42/h3-7,9-17,19-34H,1,8,18H2,2H3/b35-29+,36-30+,45-44?. The van der Waals surface area contributed by atoms with Crippen LogP contribution in [0.25, 0.3) is 0 Å². The van der Waals surface area contributed by atoms with Crippen LogP contribution in [0.3, 0.4) is 0 Å². The molecule has 0 radical (unpaired) electrons. The maximum Gasteiger partial charge on any atom is 0.0781 e. The van der Waals surface area contributed by atoms with Crippen LogP contribution in [0.1, 0.15) is 25.3 Å². The van der Waals surface area contributed by atoms with Crippen LogP contribution < -0.4 is 9.80 Å². The van der Waals surface area contributed by atoms with Crippen molar-refractivity contribution in [3.8, 4) is 0 Å². The van der Waals surface area contributed by atoms with Gasteiger partial charge in [0.05, 0.1) is 11.4 Å². The van der Waals surface area contributed by atoms with Crippen LogP contribution in [-0.2, 0) is 0 Å². The van der Waals surface area contributed by atoms with Gasteiger partial charge in [-0.15, -0.1) is 0 Å². The van der Waals surface area contributed by atoms with E-state index in [0.717, 1.165) is 63.8 Å². The first-order valence-electron chi connectivity index (χ1n) is 16.1. The summed E-state index contributed by atoms with van der Waals surface area (Å²) in [4.78, 5) is 9.73. The summed E-state index contributed by atoms with van der Waals surface area (Å²) in [5.74, 6) is 0. The van der Waals surface area contributed by atoms with Gasteiger partial charge in [-0.3, -0.25) is 0 Å². The molecule has 5 aromatic carbocycles. The monoisotopic (exact) mass is 609 g/mol. The summed E-state index contributed by atoms with van der Waals surface area (Å²) < 4.78 is 0. The Kier molecular flexibility index (Phi) is 10.2. The highest BCUT2D eigenvalue weighted by atomic mass is 15.1. The van der Waals surface area contributed by atoms with Gasteiger partial charge in [0.15, 0.2) is 0 Å². The number of rotatable bonds is 11. The summed E-state index contributed by atoms with van der Waals surface area (Å²) in [6.45, 7) is 6.35. The zero-order chi connectivity index (χ0) is 32.3. The summed E-state index contributed by atoms with van der Waals surface area (Å²) in [5, 5.41) is 0. The third kappa shape index (κ3) is 7.66. The van der Waals surface area contributed by atoms with Crippen molar-refractivity contribution in [3.05, 3.63) is 211 Å². The Morgan fingerprint density at radius 2 is 1.15 bits per heavy atom. The van der Waals surface area contributed by atoms with E-state index in [2.05, 4.69) is 157 Å². The van der Waals surface area contributed by atoms with Crippen molar-refractivity contribution < 1.29 is 0 Å². The van der Waals surface area contributed by atoms with Gasteiger partial charge in [-0.1, -0.05) is 116 Å². The third-order valence-electron chi connectivity index (χ3n) is 8.02. The van der Waals surface area contributed by atoms with Crippen molar-refractivity contribution >= 4 is 34.1 Å². The van der Waals surface area contributed by atoms with Crippen LogP contribution in [0.15, 0.2) is 211 Å². The fraction of sp³-hybridized carbons (Fsp3) is 0.0682. The minimum absolute atomic E-state index is 0.857. The van der Waals surface area contributed by atoms with Gasteiger partial charge in [-0.05, 0) is 92.6 Å². The van der Waals surface area contributed by atoms with Crippen molar-refractivity contribution in [1.29, 1.82) is 0 Å². The first kappa shape index (κ1) is 31.1. The van der Waals surface area contributed by atoms with Gasteiger partial charge < -0.3 is 9.80 Å². The highest BCUT2D eigenvalue weighted by Gasteiger charge is 2.16. The third-order valence-corrected chi connectivity index (χ3v) is 8.02. The van der Waals surface area contributed by atoms with Crippen molar-refractivity contribution in [2.45, 2.75) is 19.8 Å². The van der Waals surface area contributed by atoms with Crippen LogP contribution in [-0.4, -0.2) is 5.71 Å². The summed E-state index contributed by atoms with van der Waals surface area (Å²) in [7, 11) is 0. The maximum absolute atomic E-state index is 5.16. The van der Waals surface area contributed by atoms with E-state index in [1.165, 1.54) is 5.70 Å². The molecule has 0 heterocycles. The van der Waals surface area contributed by atoms with E-state index in [0.29, 0.717) is 0 Å². The van der Waals surface area contributed by atoms with E-state index < -0.39 is 0 Å². The highest BCUT2D eigenvalue weighted by Crippen LogP contribution is 2.33. The quantitative estimate of drug-likeness (QED) is 0.110. The molecular formula is C44H39N3. The molecular weight excluding hydrogens is 571 g/mol. The average molecular weight is 610 g/mol. The molecule has 0 spiro atoms. The summed E-state index contributed by atoms with van der Waals surface area (Å²) >= 11 is 0. The molecule has 1 aliphatic rings. The average Bonchev–Trinajstić information content (AvgIpc) is 3.14. The number of aliphatic imine (C=N–C) groups is 1. The van der Waals surface area contributed by atoms with Crippen molar-refractivity contribution in [3.63, 3.8) is 0 Å². The largest absolute Gasteiger partial charge is 0.315 e. The van der Waals surface area contributed by atoms with Crippen molar-refractivity contribution in [1.82, 2.24) is 0 Å². The topological polar surface area (TPSA) is 18.8 Å². The molecule has 0 aliphatic heterocycles. The zero-order valence-corrected chi connectivity index (χ0v) is 26.8. The van der Waals surface area contributed by atoms with E-state index in [-0.39, 0.29) is 0 Å². The zero-order valence-electron chi connectivity index (χ0n) is 26.8. The van der Waals surface area contributed by atoms with E-state index in [9.17, 15) is 0 Å². The summed E-state index contributed by atoms with van der Waals surface area (Å²) in [6, 6.07) is 50.2. The molecule has 0 bridgehead atoms. The molecule has 0 aromatic heterocycles. The Labute approximate surface area is 279 Å². The Bertz CT molecular complexity index is 1880.